The number of nitrogens with two attached hydrogens (primary N) is 1. The topological polar surface area (TPSA) is 108 Å². The predicted molar refractivity (Wildman–Crippen MR) is 79.4 cm³/mol. The Bertz CT molecular complexity index is 407. The second kappa shape index (κ2) is 10.1. The smallest absolute Gasteiger partial charge is 0.323 e. The maximum absolute atomic E-state index is 5.38. The minimum Gasteiger partial charge on any atom is -0.464 e. The molecule has 0 aliphatic carbocycles. The maximum Gasteiger partial charge on any atom is 0.323 e. The molecule has 1 aromatic heterocycles. The second-order valence-electron chi connectivity index (χ2n) is 4.15. The van der Waals surface area contributed by atoms with Crippen LogP contribution in [0.1, 0.15) is 13.3 Å². The number of ether oxygens (including phenoxy) is 3. The van der Waals surface area contributed by atoms with Crippen molar-refractivity contribution in [3.63, 3.8) is 0 Å². The predicted octanol–water partition coefficient (Wildman–Crippen LogP) is 0.0452. The normalized spacial score (nSPS) is 10.5. The molecule has 0 aromatic carbocycles. The van der Waals surface area contributed by atoms with Gasteiger partial charge in [-0.1, -0.05) is 0 Å². The third-order valence-electron chi connectivity index (χ3n) is 2.63. The lowest BCUT2D eigenvalue weighted by Crippen LogP contribution is -2.31. The van der Waals surface area contributed by atoms with Crippen molar-refractivity contribution in [3.05, 3.63) is 0 Å². The molecule has 0 saturated heterocycles. The number of aromatic nitrogens is 3. The van der Waals surface area contributed by atoms with E-state index in [4.69, 9.17) is 20.1 Å². The summed E-state index contributed by atoms with van der Waals surface area (Å²) in [5, 5.41) is 0. The highest BCUT2D eigenvalue weighted by atomic mass is 16.5. The first-order valence-corrected chi connectivity index (χ1v) is 6.83. The van der Waals surface area contributed by atoms with E-state index < -0.39 is 0 Å². The molecule has 0 spiro atoms. The van der Waals surface area contributed by atoms with Gasteiger partial charge in [-0.05, 0) is 13.3 Å². The molecule has 1 heterocycles. The Labute approximate surface area is 124 Å². The molecule has 0 atom stereocenters. The van der Waals surface area contributed by atoms with Crippen LogP contribution in [-0.4, -0.2) is 62.1 Å². The third-order valence-corrected chi connectivity index (χ3v) is 2.63. The van der Waals surface area contributed by atoms with Gasteiger partial charge in [-0.25, -0.2) is 5.84 Å². The van der Waals surface area contributed by atoms with Crippen molar-refractivity contribution >= 4 is 11.9 Å². The van der Waals surface area contributed by atoms with Crippen molar-refractivity contribution in [1.29, 1.82) is 0 Å². The van der Waals surface area contributed by atoms with Crippen molar-refractivity contribution in [2.24, 2.45) is 5.84 Å². The summed E-state index contributed by atoms with van der Waals surface area (Å²) in [5.41, 5.74) is 2.42. The molecular formula is C12H24N6O3. The Morgan fingerprint density at radius 1 is 1.10 bits per heavy atom. The lowest BCUT2D eigenvalue weighted by Gasteiger charge is -2.22. The SMILES string of the molecule is CCOc1nc(NN)nc(N(CCCOC)CCOC)n1. The maximum atomic E-state index is 5.38. The highest BCUT2D eigenvalue weighted by Crippen LogP contribution is 2.15. The lowest BCUT2D eigenvalue weighted by molar-refractivity contribution is 0.190. The van der Waals surface area contributed by atoms with E-state index in [0.717, 1.165) is 13.0 Å². The van der Waals surface area contributed by atoms with Crippen molar-refractivity contribution in [3.8, 4) is 6.01 Å². The third kappa shape index (κ3) is 6.06. The zero-order chi connectivity index (χ0) is 15.5. The molecule has 3 N–H and O–H groups in total. The highest BCUT2D eigenvalue weighted by molar-refractivity contribution is 5.37. The van der Waals surface area contributed by atoms with Gasteiger partial charge in [0.1, 0.15) is 0 Å². The van der Waals surface area contributed by atoms with Gasteiger partial charge in [0.2, 0.25) is 11.9 Å². The van der Waals surface area contributed by atoms with Crippen LogP contribution in [0.25, 0.3) is 0 Å². The fourth-order valence-corrected chi connectivity index (χ4v) is 1.66. The molecule has 0 aliphatic rings. The number of nitrogens with one attached hydrogen (secondary N) is 1. The number of nitrogens with zero attached hydrogens (tertiary/aromatic N) is 4. The Balaban J connectivity index is 2.89. The first-order valence-electron chi connectivity index (χ1n) is 6.83. The largest absolute Gasteiger partial charge is 0.464 e. The van der Waals surface area contributed by atoms with Crippen molar-refractivity contribution in [2.45, 2.75) is 13.3 Å². The zero-order valence-electron chi connectivity index (χ0n) is 12.8. The molecule has 0 aliphatic heterocycles. The molecule has 0 saturated carbocycles. The van der Waals surface area contributed by atoms with E-state index in [9.17, 15) is 0 Å². The van der Waals surface area contributed by atoms with Gasteiger partial charge in [-0.15, -0.1) is 0 Å². The summed E-state index contributed by atoms with van der Waals surface area (Å²) in [7, 11) is 3.32. The van der Waals surface area contributed by atoms with Gasteiger partial charge in [0.05, 0.1) is 13.2 Å². The summed E-state index contributed by atoms with van der Waals surface area (Å²) in [4.78, 5) is 14.6. The first-order chi connectivity index (χ1) is 10.2. The molecule has 0 radical (unpaired) electrons. The van der Waals surface area contributed by atoms with E-state index in [1.54, 1.807) is 14.2 Å². The van der Waals surface area contributed by atoms with Gasteiger partial charge < -0.3 is 19.1 Å². The molecule has 0 bridgehead atoms. The average Bonchev–Trinajstić information content (AvgIpc) is 2.50. The van der Waals surface area contributed by atoms with Crippen LogP contribution in [0.5, 0.6) is 6.01 Å². The fraction of sp³-hybridized carbons (Fsp3) is 0.750. The summed E-state index contributed by atoms with van der Waals surface area (Å²) in [6.07, 6.45) is 0.848. The minimum atomic E-state index is 0.240. The summed E-state index contributed by atoms with van der Waals surface area (Å²) in [6, 6.07) is 0.240. The Morgan fingerprint density at radius 3 is 2.48 bits per heavy atom. The van der Waals surface area contributed by atoms with Crippen molar-refractivity contribution < 1.29 is 14.2 Å². The van der Waals surface area contributed by atoms with E-state index in [1.165, 1.54) is 0 Å². The first kappa shape index (κ1) is 17.3. The Kier molecular flexibility index (Phi) is 8.32. The van der Waals surface area contributed by atoms with Crippen LogP contribution in [0.15, 0.2) is 0 Å². The van der Waals surface area contributed by atoms with E-state index in [0.29, 0.717) is 32.3 Å². The Hall–Kier alpha value is -1.71. The van der Waals surface area contributed by atoms with Gasteiger partial charge in [0, 0.05) is 33.9 Å². The van der Waals surface area contributed by atoms with Crippen LogP contribution in [-0.2, 0) is 9.47 Å². The molecule has 1 rings (SSSR count). The quantitative estimate of drug-likeness (QED) is 0.333. The van der Waals surface area contributed by atoms with E-state index >= 15 is 0 Å². The van der Waals surface area contributed by atoms with E-state index in [-0.39, 0.29) is 12.0 Å². The van der Waals surface area contributed by atoms with Gasteiger partial charge >= 0.3 is 6.01 Å². The van der Waals surface area contributed by atoms with Crippen LogP contribution >= 0.6 is 0 Å². The average molecular weight is 300 g/mol. The number of rotatable bonds is 11. The van der Waals surface area contributed by atoms with Gasteiger partial charge in [-0.3, -0.25) is 5.43 Å². The number of anilines is 2. The molecule has 21 heavy (non-hydrogen) atoms. The molecule has 9 heteroatoms. The second-order valence-corrected chi connectivity index (χ2v) is 4.15. The number of methoxy groups -OCH3 is 2. The summed E-state index contributed by atoms with van der Waals surface area (Å²) in [5.74, 6) is 6.14. The van der Waals surface area contributed by atoms with Crippen LogP contribution in [0.4, 0.5) is 11.9 Å². The van der Waals surface area contributed by atoms with Crippen molar-refractivity contribution in [1.82, 2.24) is 15.0 Å². The van der Waals surface area contributed by atoms with Gasteiger partial charge in [0.25, 0.3) is 0 Å². The van der Waals surface area contributed by atoms with Crippen molar-refractivity contribution in [2.75, 3.05) is 57.5 Å². The Morgan fingerprint density at radius 2 is 1.86 bits per heavy atom. The number of hydrogen-bond acceptors (Lipinski definition) is 9. The fourth-order valence-electron chi connectivity index (χ4n) is 1.66. The van der Waals surface area contributed by atoms with Crippen LogP contribution in [0.2, 0.25) is 0 Å². The molecule has 1 aromatic rings. The molecule has 0 amide bonds. The standard InChI is InChI=1S/C12H24N6O3/c1-4-21-12-15-10(17-13)14-11(16-12)18(7-9-20-3)6-5-8-19-2/h4-9,13H2,1-3H3,(H,14,15,16,17). The van der Waals surface area contributed by atoms with Gasteiger partial charge in [0.15, 0.2) is 0 Å². The monoisotopic (exact) mass is 300 g/mol. The van der Waals surface area contributed by atoms with Crippen LogP contribution in [0, 0.1) is 0 Å². The van der Waals surface area contributed by atoms with Crippen LogP contribution < -0.4 is 20.9 Å². The highest BCUT2D eigenvalue weighted by Gasteiger charge is 2.13. The number of hydrazine groups is 1. The molecule has 120 valence electrons. The van der Waals surface area contributed by atoms with E-state index in [1.807, 2.05) is 11.8 Å². The summed E-state index contributed by atoms with van der Waals surface area (Å²) in [6.45, 7) is 4.94. The molecule has 0 unspecified atom stereocenters. The molecular weight excluding hydrogens is 276 g/mol. The molecule has 0 fully saturated rings. The van der Waals surface area contributed by atoms with Crippen LogP contribution in [0.3, 0.4) is 0 Å². The summed E-state index contributed by atoms with van der Waals surface area (Å²) < 4.78 is 15.5. The summed E-state index contributed by atoms with van der Waals surface area (Å²) >= 11 is 0. The van der Waals surface area contributed by atoms with E-state index in [2.05, 4.69) is 20.4 Å². The number of hydrogen-bond donors (Lipinski definition) is 2. The zero-order valence-corrected chi connectivity index (χ0v) is 12.8. The lowest BCUT2D eigenvalue weighted by atomic mass is 10.4. The van der Waals surface area contributed by atoms with Gasteiger partial charge in [-0.2, -0.15) is 15.0 Å². The molecule has 9 nitrogen and oxygen atoms in total. The number of nitrogen functional groups attached to an aromatic ring is 1. The minimum absolute atomic E-state index is 0.240.